The van der Waals surface area contributed by atoms with Crippen molar-refractivity contribution in [3.05, 3.63) is 58.7 Å². The molecule has 0 spiro atoms. The van der Waals surface area contributed by atoms with Crippen LogP contribution in [0, 0.1) is 0 Å². The van der Waals surface area contributed by atoms with E-state index in [1.165, 1.54) is 12.3 Å². The highest BCUT2D eigenvalue weighted by Crippen LogP contribution is 2.24. The van der Waals surface area contributed by atoms with Gasteiger partial charge in [0.05, 0.1) is 0 Å². The van der Waals surface area contributed by atoms with Gasteiger partial charge in [0, 0.05) is 22.9 Å². The number of pyridine rings is 1. The molecule has 1 heterocycles. The van der Waals surface area contributed by atoms with Gasteiger partial charge in [0.1, 0.15) is 17.2 Å². The summed E-state index contributed by atoms with van der Waals surface area (Å²) in [5, 5.41) is 3.45. The first-order valence-electron chi connectivity index (χ1n) is 5.28. The van der Waals surface area contributed by atoms with Crippen molar-refractivity contribution in [1.82, 2.24) is 4.98 Å². The van der Waals surface area contributed by atoms with Crippen LogP contribution < -0.4 is 10.5 Å². The van der Waals surface area contributed by atoms with Crippen LogP contribution in [0.25, 0.3) is 10.4 Å². The number of primary amides is 1. The molecule has 0 saturated carbocycles. The van der Waals surface area contributed by atoms with Gasteiger partial charge in [0.2, 0.25) is 0 Å². The molecule has 0 aliphatic rings. The van der Waals surface area contributed by atoms with E-state index in [9.17, 15) is 4.79 Å². The zero-order valence-corrected chi connectivity index (χ0v) is 9.72. The molecule has 2 N–H and O–H groups in total. The van der Waals surface area contributed by atoms with Crippen LogP contribution in [0.5, 0.6) is 11.5 Å². The first kappa shape index (κ1) is 12.4. The lowest BCUT2D eigenvalue weighted by Crippen LogP contribution is -2.12. The fourth-order valence-corrected chi connectivity index (χ4v) is 1.38. The van der Waals surface area contributed by atoms with Gasteiger partial charge in [-0.1, -0.05) is 5.11 Å². The zero-order chi connectivity index (χ0) is 13.7. The zero-order valence-electron chi connectivity index (χ0n) is 9.72. The smallest absolute Gasteiger partial charge is 0.267 e. The van der Waals surface area contributed by atoms with Crippen LogP contribution in [0.1, 0.15) is 10.5 Å². The second kappa shape index (κ2) is 5.52. The number of nitrogens with two attached hydrogens (primary N) is 1. The van der Waals surface area contributed by atoms with Crippen LogP contribution in [-0.4, -0.2) is 10.9 Å². The predicted molar refractivity (Wildman–Crippen MR) is 68.1 cm³/mol. The highest BCUT2D eigenvalue weighted by Gasteiger charge is 2.04. The molecule has 19 heavy (non-hydrogen) atoms. The standard InChI is InChI=1S/C12H9N5O2/c13-12(18)11-7-10(5-6-15-11)19-9-3-1-8(2-4-9)16-17-14/h1-7H,(H2,13,18). The molecule has 2 aromatic rings. The Bertz CT molecular complexity index is 647. The van der Waals surface area contributed by atoms with Crippen molar-refractivity contribution in [2.24, 2.45) is 10.8 Å². The quantitative estimate of drug-likeness (QED) is 0.514. The number of hydrogen-bond acceptors (Lipinski definition) is 4. The number of benzene rings is 1. The highest BCUT2D eigenvalue weighted by molar-refractivity contribution is 5.91. The molecule has 0 unspecified atom stereocenters. The lowest BCUT2D eigenvalue weighted by molar-refractivity contribution is 0.0995. The number of rotatable bonds is 4. The van der Waals surface area contributed by atoms with Gasteiger partial charge in [-0.3, -0.25) is 9.78 Å². The van der Waals surface area contributed by atoms with Crippen LogP contribution >= 0.6 is 0 Å². The molecule has 94 valence electrons. The Balaban J connectivity index is 2.18. The van der Waals surface area contributed by atoms with E-state index >= 15 is 0 Å². The molecule has 1 amide bonds. The number of amides is 1. The van der Waals surface area contributed by atoms with E-state index in [2.05, 4.69) is 15.0 Å². The van der Waals surface area contributed by atoms with Crippen molar-refractivity contribution < 1.29 is 9.53 Å². The molecule has 2 rings (SSSR count). The van der Waals surface area contributed by atoms with Gasteiger partial charge >= 0.3 is 0 Å². The minimum atomic E-state index is -0.621. The number of aromatic nitrogens is 1. The Morgan fingerprint density at radius 3 is 2.63 bits per heavy atom. The summed E-state index contributed by atoms with van der Waals surface area (Å²) in [5.41, 5.74) is 14.0. The molecular formula is C12H9N5O2. The second-order valence-electron chi connectivity index (χ2n) is 3.53. The van der Waals surface area contributed by atoms with Gasteiger partial charge in [-0.15, -0.1) is 0 Å². The van der Waals surface area contributed by atoms with Gasteiger partial charge in [-0.25, -0.2) is 0 Å². The molecule has 0 bridgehead atoms. The molecule has 1 aromatic carbocycles. The normalized spacial score (nSPS) is 9.47. The summed E-state index contributed by atoms with van der Waals surface area (Å²) in [5.74, 6) is 0.364. The summed E-state index contributed by atoms with van der Waals surface area (Å²) < 4.78 is 5.52. The fraction of sp³-hybridized carbons (Fsp3) is 0. The minimum absolute atomic E-state index is 0.128. The topological polar surface area (TPSA) is 114 Å². The number of carbonyl (C=O) groups excluding carboxylic acids is 1. The van der Waals surface area contributed by atoms with Crippen LogP contribution in [0.4, 0.5) is 5.69 Å². The van der Waals surface area contributed by atoms with Crippen LogP contribution in [0.3, 0.4) is 0 Å². The molecule has 7 heteroatoms. The summed E-state index contributed by atoms with van der Waals surface area (Å²) in [6, 6.07) is 9.58. The third kappa shape index (κ3) is 3.21. The third-order valence-corrected chi connectivity index (χ3v) is 2.22. The summed E-state index contributed by atoms with van der Waals surface area (Å²) >= 11 is 0. The van der Waals surface area contributed by atoms with E-state index in [4.69, 9.17) is 16.0 Å². The summed E-state index contributed by atoms with van der Waals surface area (Å²) in [4.78, 5) is 17.5. The Morgan fingerprint density at radius 2 is 2.00 bits per heavy atom. The van der Waals surface area contributed by atoms with Crippen LogP contribution in [0.2, 0.25) is 0 Å². The van der Waals surface area contributed by atoms with Crippen molar-refractivity contribution in [3.63, 3.8) is 0 Å². The Kier molecular flexibility index (Phi) is 3.61. The number of ether oxygens (including phenoxy) is 1. The van der Waals surface area contributed by atoms with E-state index in [0.29, 0.717) is 17.2 Å². The maximum absolute atomic E-state index is 11.0. The maximum Gasteiger partial charge on any atom is 0.267 e. The van der Waals surface area contributed by atoms with E-state index in [-0.39, 0.29) is 5.69 Å². The maximum atomic E-state index is 11.0. The summed E-state index contributed by atoms with van der Waals surface area (Å²) in [6.45, 7) is 0. The second-order valence-corrected chi connectivity index (χ2v) is 3.53. The van der Waals surface area contributed by atoms with Crippen LogP contribution in [-0.2, 0) is 0 Å². The Morgan fingerprint density at radius 1 is 1.26 bits per heavy atom. The summed E-state index contributed by atoms with van der Waals surface area (Å²) in [7, 11) is 0. The number of nitrogens with zero attached hydrogens (tertiary/aromatic N) is 4. The Labute approximate surface area is 108 Å². The van der Waals surface area contributed by atoms with E-state index < -0.39 is 5.91 Å². The molecule has 0 atom stereocenters. The SMILES string of the molecule is [N-]=[N+]=Nc1ccc(Oc2ccnc(C(N)=O)c2)cc1. The Hall–Kier alpha value is -3.05. The molecule has 0 aliphatic carbocycles. The highest BCUT2D eigenvalue weighted by atomic mass is 16.5. The van der Waals surface area contributed by atoms with Gasteiger partial charge in [-0.05, 0) is 35.9 Å². The number of carbonyl (C=O) groups is 1. The monoisotopic (exact) mass is 255 g/mol. The molecule has 0 aliphatic heterocycles. The minimum Gasteiger partial charge on any atom is -0.457 e. The van der Waals surface area contributed by atoms with Crippen LogP contribution in [0.15, 0.2) is 47.7 Å². The average Bonchev–Trinajstić information content (AvgIpc) is 2.42. The van der Waals surface area contributed by atoms with Crippen molar-refractivity contribution in [1.29, 1.82) is 0 Å². The molecule has 0 saturated heterocycles. The van der Waals surface area contributed by atoms with Gasteiger partial charge < -0.3 is 10.5 Å². The first-order chi connectivity index (χ1) is 9.19. The molecular weight excluding hydrogens is 246 g/mol. The predicted octanol–water partition coefficient (Wildman–Crippen LogP) is 2.91. The average molecular weight is 255 g/mol. The van der Waals surface area contributed by atoms with Crippen molar-refractivity contribution >= 4 is 11.6 Å². The molecule has 0 radical (unpaired) electrons. The van der Waals surface area contributed by atoms with Gasteiger partial charge in [-0.2, -0.15) is 0 Å². The van der Waals surface area contributed by atoms with Crippen molar-refractivity contribution in [3.8, 4) is 11.5 Å². The first-order valence-corrected chi connectivity index (χ1v) is 5.28. The fourth-order valence-electron chi connectivity index (χ4n) is 1.38. The van der Waals surface area contributed by atoms with Crippen molar-refractivity contribution in [2.75, 3.05) is 0 Å². The number of azide groups is 1. The number of hydrogen-bond donors (Lipinski definition) is 1. The van der Waals surface area contributed by atoms with Crippen molar-refractivity contribution in [2.45, 2.75) is 0 Å². The third-order valence-electron chi connectivity index (χ3n) is 2.22. The van der Waals surface area contributed by atoms with E-state index in [1.807, 2.05) is 0 Å². The van der Waals surface area contributed by atoms with E-state index in [0.717, 1.165) is 0 Å². The lowest BCUT2D eigenvalue weighted by atomic mass is 10.3. The van der Waals surface area contributed by atoms with Gasteiger partial charge in [0.15, 0.2) is 0 Å². The largest absolute Gasteiger partial charge is 0.457 e. The van der Waals surface area contributed by atoms with Gasteiger partial charge in [0.25, 0.3) is 5.91 Å². The lowest BCUT2D eigenvalue weighted by Gasteiger charge is -2.06. The van der Waals surface area contributed by atoms with E-state index in [1.54, 1.807) is 30.3 Å². The molecule has 0 fully saturated rings. The molecule has 7 nitrogen and oxygen atoms in total. The molecule has 1 aromatic heterocycles. The summed E-state index contributed by atoms with van der Waals surface area (Å²) in [6.07, 6.45) is 1.43.